The van der Waals surface area contributed by atoms with E-state index in [0.29, 0.717) is 37.1 Å². The predicted octanol–water partition coefficient (Wildman–Crippen LogP) is 3.03. The number of nitrogens with zero attached hydrogens (tertiary/aromatic N) is 4. The lowest BCUT2D eigenvalue weighted by atomic mass is 10.1. The number of ether oxygens (including phenoxy) is 1. The third-order valence-corrected chi connectivity index (χ3v) is 6.02. The van der Waals surface area contributed by atoms with Crippen molar-refractivity contribution in [3.63, 3.8) is 0 Å². The average Bonchev–Trinajstić information content (AvgIpc) is 3.11. The average molecular weight is 457 g/mol. The molecular formula is C24H29ClN4O3. The minimum atomic E-state index is -1.06. The van der Waals surface area contributed by atoms with Gasteiger partial charge in [0, 0.05) is 37.7 Å². The Morgan fingerprint density at radius 2 is 1.88 bits per heavy atom. The van der Waals surface area contributed by atoms with E-state index in [2.05, 4.69) is 4.90 Å². The van der Waals surface area contributed by atoms with Crippen molar-refractivity contribution in [2.24, 2.45) is 0 Å². The van der Waals surface area contributed by atoms with Crippen LogP contribution in [-0.2, 0) is 11.3 Å². The number of β-amino-alcohol motifs (C(OH)–C–C–N with tert-alkyl or cyclic N) is 1. The summed E-state index contributed by atoms with van der Waals surface area (Å²) in [5, 5.41) is 15.4. The number of carbonyl (C=O) groups is 1. The summed E-state index contributed by atoms with van der Waals surface area (Å²) in [6.07, 6.45) is 0. The minimum absolute atomic E-state index is 0.0605. The molecular weight excluding hydrogens is 428 g/mol. The number of aromatic nitrogens is 2. The summed E-state index contributed by atoms with van der Waals surface area (Å²) in [5.41, 5.74) is 0.911. The molecule has 0 aliphatic carbocycles. The SMILES string of the molecule is CC(C)(Oc1nn(Cc2cccc(Cl)c2)c2ccccc12)C(=O)N1CCN(CCO)CC1. The van der Waals surface area contributed by atoms with Crippen LogP contribution in [0.5, 0.6) is 5.88 Å². The Hall–Kier alpha value is -2.61. The Morgan fingerprint density at radius 3 is 2.59 bits per heavy atom. The first-order valence-corrected chi connectivity index (χ1v) is 11.3. The van der Waals surface area contributed by atoms with Crippen LogP contribution in [0.4, 0.5) is 0 Å². The van der Waals surface area contributed by atoms with E-state index in [1.807, 2.05) is 58.1 Å². The zero-order chi connectivity index (χ0) is 22.7. The number of fused-ring (bicyclic) bond motifs is 1. The molecule has 4 rings (SSSR count). The number of para-hydroxylation sites is 1. The molecule has 7 nitrogen and oxygen atoms in total. The topological polar surface area (TPSA) is 70.8 Å². The second kappa shape index (κ2) is 9.48. The number of aliphatic hydroxyl groups excluding tert-OH is 1. The molecule has 1 aliphatic rings. The van der Waals surface area contributed by atoms with Crippen molar-refractivity contribution in [1.29, 1.82) is 0 Å². The summed E-state index contributed by atoms with van der Waals surface area (Å²) in [4.78, 5) is 17.2. The number of piperazine rings is 1. The summed E-state index contributed by atoms with van der Waals surface area (Å²) < 4.78 is 8.12. The van der Waals surface area contributed by atoms with E-state index in [4.69, 9.17) is 26.5 Å². The van der Waals surface area contributed by atoms with Gasteiger partial charge in [-0.2, -0.15) is 0 Å². The molecule has 0 unspecified atom stereocenters. The molecule has 0 atom stereocenters. The highest BCUT2D eigenvalue weighted by Crippen LogP contribution is 2.29. The van der Waals surface area contributed by atoms with E-state index in [1.54, 1.807) is 13.8 Å². The van der Waals surface area contributed by atoms with Crippen LogP contribution in [0.2, 0.25) is 5.02 Å². The van der Waals surface area contributed by atoms with E-state index < -0.39 is 5.60 Å². The first-order valence-electron chi connectivity index (χ1n) is 10.9. The van der Waals surface area contributed by atoms with Crippen LogP contribution in [-0.4, -0.2) is 75.5 Å². The van der Waals surface area contributed by atoms with Crippen LogP contribution in [0.1, 0.15) is 19.4 Å². The third kappa shape index (κ3) is 4.90. The Labute approximate surface area is 193 Å². The normalized spacial score (nSPS) is 15.3. The molecule has 32 heavy (non-hydrogen) atoms. The van der Waals surface area contributed by atoms with Gasteiger partial charge in [0.25, 0.3) is 5.91 Å². The van der Waals surface area contributed by atoms with Crippen LogP contribution in [0.15, 0.2) is 48.5 Å². The van der Waals surface area contributed by atoms with Gasteiger partial charge in [-0.05, 0) is 43.7 Å². The van der Waals surface area contributed by atoms with Crippen LogP contribution in [0.3, 0.4) is 0 Å². The highest BCUT2D eigenvalue weighted by molar-refractivity contribution is 6.30. The first-order chi connectivity index (χ1) is 15.4. The fraction of sp³-hybridized carbons (Fsp3) is 0.417. The molecule has 0 spiro atoms. The van der Waals surface area contributed by atoms with Gasteiger partial charge in [0.15, 0.2) is 5.60 Å². The van der Waals surface area contributed by atoms with Crippen molar-refractivity contribution in [1.82, 2.24) is 19.6 Å². The Bertz CT molecular complexity index is 1090. The molecule has 3 aromatic rings. The zero-order valence-corrected chi connectivity index (χ0v) is 19.3. The second-order valence-corrected chi connectivity index (χ2v) is 9.02. The molecule has 1 aliphatic heterocycles. The van der Waals surface area contributed by atoms with Gasteiger partial charge in [-0.3, -0.25) is 14.4 Å². The number of benzene rings is 2. The van der Waals surface area contributed by atoms with E-state index >= 15 is 0 Å². The number of rotatable bonds is 7. The summed E-state index contributed by atoms with van der Waals surface area (Å²) >= 11 is 6.14. The lowest BCUT2D eigenvalue weighted by Gasteiger charge is -2.38. The first kappa shape index (κ1) is 22.6. The summed E-state index contributed by atoms with van der Waals surface area (Å²) in [6.45, 7) is 7.64. The lowest BCUT2D eigenvalue weighted by molar-refractivity contribution is -0.147. The van der Waals surface area contributed by atoms with Crippen LogP contribution in [0, 0.1) is 0 Å². The van der Waals surface area contributed by atoms with Crippen molar-refractivity contribution in [3.8, 4) is 5.88 Å². The number of hydrogen-bond donors (Lipinski definition) is 1. The second-order valence-electron chi connectivity index (χ2n) is 8.58. The Kier molecular flexibility index (Phi) is 6.69. The Morgan fingerprint density at radius 1 is 1.12 bits per heavy atom. The summed E-state index contributed by atoms with van der Waals surface area (Å²) in [5.74, 6) is 0.384. The molecule has 0 radical (unpaired) electrons. The largest absolute Gasteiger partial charge is 0.460 e. The van der Waals surface area contributed by atoms with E-state index in [0.717, 1.165) is 29.6 Å². The molecule has 170 valence electrons. The molecule has 0 saturated carbocycles. The molecule has 8 heteroatoms. The van der Waals surface area contributed by atoms with Crippen molar-refractivity contribution < 1.29 is 14.6 Å². The van der Waals surface area contributed by atoms with E-state index in [-0.39, 0.29) is 12.5 Å². The van der Waals surface area contributed by atoms with Gasteiger partial charge in [-0.15, -0.1) is 5.10 Å². The maximum absolute atomic E-state index is 13.2. The van der Waals surface area contributed by atoms with Crippen LogP contribution in [0.25, 0.3) is 10.9 Å². The standard InChI is InChI=1S/C24H29ClN4O3/c1-24(2,23(31)28-12-10-27(11-13-28)14-15-30)32-22-20-8-3-4-9-21(20)29(26-22)17-18-6-5-7-19(25)16-18/h3-9,16,30H,10-15,17H2,1-2H3. The smallest absolute Gasteiger partial charge is 0.266 e. The number of amides is 1. The molecule has 1 N–H and O–H groups in total. The highest BCUT2D eigenvalue weighted by atomic mass is 35.5. The van der Waals surface area contributed by atoms with E-state index in [9.17, 15) is 4.79 Å². The molecule has 1 aromatic heterocycles. The van der Waals surface area contributed by atoms with Crippen molar-refractivity contribution in [2.75, 3.05) is 39.3 Å². The van der Waals surface area contributed by atoms with Crippen molar-refractivity contribution in [3.05, 3.63) is 59.1 Å². The maximum atomic E-state index is 13.2. The van der Waals surface area contributed by atoms with Crippen LogP contribution >= 0.6 is 11.6 Å². The minimum Gasteiger partial charge on any atom is -0.460 e. The van der Waals surface area contributed by atoms with Crippen LogP contribution < -0.4 is 4.74 Å². The van der Waals surface area contributed by atoms with Crippen molar-refractivity contribution in [2.45, 2.75) is 26.0 Å². The molecule has 2 aromatic carbocycles. The van der Waals surface area contributed by atoms with Gasteiger partial charge >= 0.3 is 0 Å². The number of carbonyl (C=O) groups excluding carboxylic acids is 1. The number of halogens is 1. The third-order valence-electron chi connectivity index (χ3n) is 5.79. The zero-order valence-electron chi connectivity index (χ0n) is 18.5. The highest BCUT2D eigenvalue weighted by Gasteiger charge is 2.36. The van der Waals surface area contributed by atoms with Crippen molar-refractivity contribution >= 4 is 28.4 Å². The van der Waals surface area contributed by atoms with Gasteiger partial charge in [-0.1, -0.05) is 35.9 Å². The predicted molar refractivity (Wildman–Crippen MR) is 125 cm³/mol. The summed E-state index contributed by atoms with van der Waals surface area (Å²) in [6, 6.07) is 15.5. The molecule has 1 saturated heterocycles. The molecule has 1 fully saturated rings. The maximum Gasteiger partial charge on any atom is 0.266 e. The molecule has 0 bridgehead atoms. The van der Waals surface area contributed by atoms with E-state index in [1.165, 1.54) is 0 Å². The fourth-order valence-corrected chi connectivity index (χ4v) is 4.30. The van der Waals surface area contributed by atoms with Gasteiger partial charge in [-0.25, -0.2) is 0 Å². The lowest BCUT2D eigenvalue weighted by Crippen LogP contribution is -2.56. The van der Waals surface area contributed by atoms with Gasteiger partial charge in [0.1, 0.15) is 0 Å². The number of aliphatic hydroxyl groups is 1. The van der Waals surface area contributed by atoms with Gasteiger partial charge in [0.2, 0.25) is 5.88 Å². The quantitative estimate of drug-likeness (QED) is 0.591. The molecule has 1 amide bonds. The monoisotopic (exact) mass is 456 g/mol. The molecule has 2 heterocycles. The Balaban J connectivity index is 1.54. The summed E-state index contributed by atoms with van der Waals surface area (Å²) in [7, 11) is 0. The number of hydrogen-bond acceptors (Lipinski definition) is 5. The fourth-order valence-electron chi connectivity index (χ4n) is 4.08. The van der Waals surface area contributed by atoms with Gasteiger partial charge in [0.05, 0.1) is 24.1 Å². The van der Waals surface area contributed by atoms with Gasteiger partial charge < -0.3 is 14.7 Å².